The Morgan fingerprint density at radius 2 is 2.25 bits per heavy atom. The minimum atomic E-state index is -0.399. The fourth-order valence-corrected chi connectivity index (χ4v) is 1.60. The van der Waals surface area contributed by atoms with Crippen molar-refractivity contribution in [1.29, 1.82) is 0 Å². The van der Waals surface area contributed by atoms with Crippen LogP contribution in [0, 0.1) is 5.92 Å². The lowest BCUT2D eigenvalue weighted by Crippen LogP contribution is -2.40. The zero-order chi connectivity index (χ0) is 12.1. The van der Waals surface area contributed by atoms with Crippen LogP contribution in [0.5, 0.6) is 0 Å². The summed E-state index contributed by atoms with van der Waals surface area (Å²) in [5.41, 5.74) is 6.86. The molecule has 0 radical (unpaired) electrons. The van der Waals surface area contributed by atoms with E-state index >= 15 is 0 Å². The van der Waals surface area contributed by atoms with Gasteiger partial charge in [0.15, 0.2) is 0 Å². The molecule has 4 heteroatoms. The van der Waals surface area contributed by atoms with Crippen molar-refractivity contribution < 1.29 is 4.79 Å². The summed E-state index contributed by atoms with van der Waals surface area (Å²) < 4.78 is 1.95. The molecule has 3 N–H and O–H groups in total. The highest BCUT2D eigenvalue weighted by molar-refractivity contribution is 5.81. The molecule has 0 saturated heterocycles. The second kappa shape index (κ2) is 5.70. The molecule has 1 amide bonds. The maximum Gasteiger partial charge on any atom is 0.237 e. The number of aromatic nitrogens is 1. The van der Waals surface area contributed by atoms with Gasteiger partial charge < -0.3 is 15.6 Å². The molecule has 1 rings (SSSR count). The van der Waals surface area contributed by atoms with Gasteiger partial charge in [0.25, 0.3) is 0 Å². The first-order chi connectivity index (χ1) is 7.49. The van der Waals surface area contributed by atoms with Crippen molar-refractivity contribution in [2.75, 3.05) is 0 Å². The molecule has 0 aliphatic rings. The molecule has 16 heavy (non-hydrogen) atoms. The summed E-state index contributed by atoms with van der Waals surface area (Å²) in [5, 5.41) is 2.84. The minimum Gasteiger partial charge on any atom is -0.357 e. The van der Waals surface area contributed by atoms with Crippen LogP contribution in [0.2, 0.25) is 0 Å². The van der Waals surface area contributed by atoms with Gasteiger partial charge in [-0.3, -0.25) is 4.79 Å². The van der Waals surface area contributed by atoms with E-state index in [4.69, 9.17) is 5.73 Å². The number of carbonyl (C=O) groups is 1. The SMILES string of the molecule is CC(C)C[C@H](N)C(=O)NCc1ccn(C)c1. The standard InChI is InChI=1S/C12H21N3O/c1-9(2)6-11(13)12(16)14-7-10-4-5-15(3)8-10/h4-5,8-9,11H,6-7,13H2,1-3H3,(H,14,16)/t11-/m0/s1. The first-order valence-electron chi connectivity index (χ1n) is 5.63. The fraction of sp³-hybridized carbons (Fsp3) is 0.583. The van der Waals surface area contributed by atoms with Crippen LogP contribution in [0.25, 0.3) is 0 Å². The molecule has 1 aromatic rings. The van der Waals surface area contributed by atoms with Gasteiger partial charge >= 0.3 is 0 Å². The van der Waals surface area contributed by atoms with Crippen molar-refractivity contribution in [3.8, 4) is 0 Å². The molecular weight excluding hydrogens is 202 g/mol. The molecule has 0 aliphatic heterocycles. The Hall–Kier alpha value is -1.29. The Labute approximate surface area is 96.8 Å². The van der Waals surface area contributed by atoms with Crippen LogP contribution in [0.4, 0.5) is 0 Å². The summed E-state index contributed by atoms with van der Waals surface area (Å²) >= 11 is 0. The third-order valence-electron chi connectivity index (χ3n) is 2.42. The second-order valence-corrected chi connectivity index (χ2v) is 4.64. The van der Waals surface area contributed by atoms with Crippen LogP contribution in [0.15, 0.2) is 18.5 Å². The van der Waals surface area contributed by atoms with Crippen LogP contribution in [0.1, 0.15) is 25.8 Å². The summed E-state index contributed by atoms with van der Waals surface area (Å²) in [7, 11) is 1.95. The summed E-state index contributed by atoms with van der Waals surface area (Å²) in [5.74, 6) is 0.370. The summed E-state index contributed by atoms with van der Waals surface area (Å²) in [4.78, 5) is 11.6. The zero-order valence-electron chi connectivity index (χ0n) is 10.2. The second-order valence-electron chi connectivity index (χ2n) is 4.64. The fourth-order valence-electron chi connectivity index (χ4n) is 1.60. The maximum absolute atomic E-state index is 11.6. The van der Waals surface area contributed by atoms with E-state index in [0.29, 0.717) is 12.5 Å². The van der Waals surface area contributed by atoms with Gasteiger partial charge in [0, 0.05) is 26.0 Å². The minimum absolute atomic E-state index is 0.0717. The topological polar surface area (TPSA) is 60.1 Å². The number of rotatable bonds is 5. The molecular formula is C12H21N3O. The number of aryl methyl sites for hydroxylation is 1. The van der Waals surface area contributed by atoms with E-state index in [2.05, 4.69) is 19.2 Å². The number of nitrogens with two attached hydrogens (primary N) is 1. The van der Waals surface area contributed by atoms with Crippen molar-refractivity contribution in [2.45, 2.75) is 32.9 Å². The van der Waals surface area contributed by atoms with Gasteiger partial charge in [0.2, 0.25) is 5.91 Å². The van der Waals surface area contributed by atoms with Crippen LogP contribution in [-0.2, 0) is 18.4 Å². The number of nitrogens with one attached hydrogen (secondary N) is 1. The van der Waals surface area contributed by atoms with E-state index in [0.717, 1.165) is 12.0 Å². The number of carbonyl (C=O) groups excluding carboxylic acids is 1. The summed E-state index contributed by atoms with van der Waals surface area (Å²) in [6.45, 7) is 4.67. The average Bonchev–Trinajstić information content (AvgIpc) is 2.59. The molecule has 0 bridgehead atoms. The number of hydrogen-bond donors (Lipinski definition) is 2. The summed E-state index contributed by atoms with van der Waals surface area (Å²) in [6, 6.07) is 1.58. The van der Waals surface area contributed by atoms with Crippen molar-refractivity contribution >= 4 is 5.91 Å². The van der Waals surface area contributed by atoms with E-state index in [9.17, 15) is 4.79 Å². The van der Waals surface area contributed by atoms with E-state index in [-0.39, 0.29) is 5.91 Å². The van der Waals surface area contributed by atoms with Crippen molar-refractivity contribution in [3.63, 3.8) is 0 Å². The van der Waals surface area contributed by atoms with Gasteiger partial charge in [-0.2, -0.15) is 0 Å². The molecule has 0 saturated carbocycles. The van der Waals surface area contributed by atoms with Gasteiger partial charge in [0.05, 0.1) is 6.04 Å². The highest BCUT2D eigenvalue weighted by Gasteiger charge is 2.14. The third-order valence-corrected chi connectivity index (χ3v) is 2.42. The Bertz CT molecular complexity index is 344. The highest BCUT2D eigenvalue weighted by atomic mass is 16.2. The molecule has 1 aromatic heterocycles. The number of hydrogen-bond acceptors (Lipinski definition) is 2. The lowest BCUT2D eigenvalue weighted by Gasteiger charge is -2.13. The lowest BCUT2D eigenvalue weighted by atomic mass is 10.0. The lowest BCUT2D eigenvalue weighted by molar-refractivity contribution is -0.122. The Morgan fingerprint density at radius 3 is 2.75 bits per heavy atom. The predicted octanol–water partition coefficient (Wildman–Crippen LogP) is 1.01. The van der Waals surface area contributed by atoms with Crippen molar-refractivity contribution in [3.05, 3.63) is 24.0 Å². The normalized spacial score (nSPS) is 12.8. The average molecular weight is 223 g/mol. The zero-order valence-corrected chi connectivity index (χ0v) is 10.2. The monoisotopic (exact) mass is 223 g/mol. The molecule has 0 fully saturated rings. The largest absolute Gasteiger partial charge is 0.357 e. The maximum atomic E-state index is 11.6. The quantitative estimate of drug-likeness (QED) is 0.782. The molecule has 0 spiro atoms. The van der Waals surface area contributed by atoms with Gasteiger partial charge in [-0.05, 0) is 24.0 Å². The first kappa shape index (κ1) is 12.8. The molecule has 0 aromatic carbocycles. The smallest absolute Gasteiger partial charge is 0.237 e. The van der Waals surface area contributed by atoms with E-state index < -0.39 is 6.04 Å². The molecule has 0 unspecified atom stereocenters. The van der Waals surface area contributed by atoms with Crippen molar-refractivity contribution in [1.82, 2.24) is 9.88 Å². The van der Waals surface area contributed by atoms with Gasteiger partial charge in [0.1, 0.15) is 0 Å². The Morgan fingerprint density at radius 1 is 1.56 bits per heavy atom. The van der Waals surface area contributed by atoms with Gasteiger partial charge in [-0.25, -0.2) is 0 Å². The molecule has 0 aliphatic carbocycles. The van der Waals surface area contributed by atoms with Crippen LogP contribution in [0.3, 0.4) is 0 Å². The Balaban J connectivity index is 2.35. The third kappa shape index (κ3) is 4.06. The molecule has 1 atom stereocenters. The number of nitrogens with zero attached hydrogens (tertiary/aromatic N) is 1. The van der Waals surface area contributed by atoms with Crippen LogP contribution >= 0.6 is 0 Å². The van der Waals surface area contributed by atoms with Gasteiger partial charge in [-0.15, -0.1) is 0 Å². The van der Waals surface area contributed by atoms with Crippen LogP contribution < -0.4 is 11.1 Å². The van der Waals surface area contributed by atoms with E-state index in [1.165, 1.54) is 0 Å². The predicted molar refractivity (Wildman–Crippen MR) is 64.7 cm³/mol. The van der Waals surface area contributed by atoms with Crippen LogP contribution in [-0.4, -0.2) is 16.5 Å². The van der Waals surface area contributed by atoms with Crippen molar-refractivity contribution in [2.24, 2.45) is 18.7 Å². The summed E-state index contributed by atoms with van der Waals surface area (Å²) in [6.07, 6.45) is 4.66. The molecule has 4 nitrogen and oxygen atoms in total. The number of amides is 1. The molecule has 90 valence electrons. The highest BCUT2D eigenvalue weighted by Crippen LogP contribution is 2.03. The Kier molecular flexibility index (Phi) is 4.55. The van der Waals surface area contributed by atoms with E-state index in [1.54, 1.807) is 0 Å². The van der Waals surface area contributed by atoms with Gasteiger partial charge in [-0.1, -0.05) is 13.8 Å². The first-order valence-corrected chi connectivity index (χ1v) is 5.63. The molecule has 1 heterocycles. The van der Waals surface area contributed by atoms with E-state index in [1.807, 2.05) is 30.1 Å².